The largest absolute Gasteiger partial charge is 0.480 e. The Morgan fingerprint density at radius 1 is 1.47 bits per heavy atom. The highest BCUT2D eigenvalue weighted by atomic mass is 32.2. The molecule has 1 aromatic heterocycles. The van der Waals surface area contributed by atoms with Gasteiger partial charge in [-0.1, -0.05) is 6.92 Å². The molecule has 1 aromatic rings. The van der Waals surface area contributed by atoms with Crippen molar-refractivity contribution in [1.29, 1.82) is 0 Å². The quantitative estimate of drug-likeness (QED) is 0.817. The van der Waals surface area contributed by atoms with Gasteiger partial charge in [-0.25, -0.2) is 4.98 Å². The molecule has 0 spiro atoms. The molecule has 0 aliphatic carbocycles. The predicted octanol–water partition coefficient (Wildman–Crippen LogP) is 2.65. The molecule has 106 valence electrons. The van der Waals surface area contributed by atoms with Crippen molar-refractivity contribution in [3.05, 3.63) is 18.3 Å². The molecular formula is C11H13F3N2O2S. The van der Waals surface area contributed by atoms with Crippen molar-refractivity contribution >= 4 is 23.4 Å². The van der Waals surface area contributed by atoms with Gasteiger partial charge in [0.2, 0.25) is 0 Å². The summed E-state index contributed by atoms with van der Waals surface area (Å²) < 4.78 is 37.1. The van der Waals surface area contributed by atoms with Gasteiger partial charge in [-0.2, -0.15) is 13.2 Å². The van der Waals surface area contributed by atoms with Crippen molar-refractivity contribution in [3.8, 4) is 0 Å². The topological polar surface area (TPSA) is 53.4 Å². The molecule has 0 amide bonds. The summed E-state index contributed by atoms with van der Waals surface area (Å²) in [4.78, 5) is 15.3. The second-order valence-corrected chi connectivity index (χ2v) is 4.94. The summed E-state index contributed by atoms with van der Waals surface area (Å²) in [7, 11) is 0. The lowest BCUT2D eigenvalue weighted by Gasteiger charge is -2.23. The van der Waals surface area contributed by atoms with Gasteiger partial charge in [0.15, 0.2) is 0 Å². The van der Waals surface area contributed by atoms with E-state index in [-0.39, 0.29) is 5.69 Å². The number of nitrogens with zero attached hydrogens (tertiary/aromatic N) is 2. The van der Waals surface area contributed by atoms with Crippen molar-refractivity contribution in [1.82, 2.24) is 4.98 Å². The average Bonchev–Trinajstić information content (AvgIpc) is 2.27. The number of aromatic nitrogens is 1. The predicted molar refractivity (Wildman–Crippen MR) is 66.5 cm³/mol. The van der Waals surface area contributed by atoms with Gasteiger partial charge in [-0.05, 0) is 17.9 Å². The van der Waals surface area contributed by atoms with E-state index >= 15 is 0 Å². The Hall–Kier alpha value is -1.44. The highest BCUT2D eigenvalue weighted by molar-refractivity contribution is 7.99. The number of rotatable bonds is 6. The number of alkyl halides is 3. The van der Waals surface area contributed by atoms with Crippen LogP contribution in [0.2, 0.25) is 0 Å². The van der Waals surface area contributed by atoms with Crippen LogP contribution in [0.15, 0.2) is 23.4 Å². The first-order chi connectivity index (χ1) is 8.81. The van der Waals surface area contributed by atoms with E-state index in [4.69, 9.17) is 5.11 Å². The zero-order chi connectivity index (χ0) is 14.5. The zero-order valence-electron chi connectivity index (χ0n) is 10.1. The lowest BCUT2D eigenvalue weighted by molar-refractivity contribution is -0.136. The monoisotopic (exact) mass is 294 g/mol. The van der Waals surface area contributed by atoms with Crippen molar-refractivity contribution in [2.24, 2.45) is 0 Å². The maximum Gasteiger partial charge on any atom is 0.405 e. The summed E-state index contributed by atoms with van der Waals surface area (Å²) >= 11 is 1.45. The molecule has 0 atom stereocenters. The smallest absolute Gasteiger partial charge is 0.405 e. The van der Waals surface area contributed by atoms with Gasteiger partial charge in [0, 0.05) is 0 Å². The third-order valence-corrected chi connectivity index (χ3v) is 2.90. The van der Waals surface area contributed by atoms with Gasteiger partial charge in [-0.3, -0.25) is 4.79 Å². The number of hydrogen-bond donors (Lipinski definition) is 1. The van der Waals surface area contributed by atoms with Crippen molar-refractivity contribution in [3.63, 3.8) is 0 Å². The summed E-state index contributed by atoms with van der Waals surface area (Å²) in [5.41, 5.74) is 0.139. The number of carboxylic acid groups (broad SMARTS) is 1. The maximum atomic E-state index is 12.4. The number of anilines is 1. The molecule has 0 aromatic carbocycles. The maximum absolute atomic E-state index is 12.4. The number of carbonyl (C=O) groups is 1. The van der Waals surface area contributed by atoms with Gasteiger partial charge < -0.3 is 10.0 Å². The molecule has 1 N–H and O–H groups in total. The average molecular weight is 294 g/mol. The SMILES string of the molecule is CCSc1ccc(N(CC(=O)O)CC(F)(F)F)cn1. The summed E-state index contributed by atoms with van der Waals surface area (Å²) in [6.07, 6.45) is -3.21. The van der Waals surface area contributed by atoms with Crippen LogP contribution in [0.25, 0.3) is 0 Å². The van der Waals surface area contributed by atoms with E-state index in [0.717, 1.165) is 10.7 Å². The molecule has 1 rings (SSSR count). The van der Waals surface area contributed by atoms with E-state index in [9.17, 15) is 18.0 Å². The van der Waals surface area contributed by atoms with Gasteiger partial charge in [0.05, 0.1) is 16.9 Å². The molecule has 1 heterocycles. The van der Waals surface area contributed by atoms with Gasteiger partial charge in [0.1, 0.15) is 13.1 Å². The van der Waals surface area contributed by atoms with Crippen LogP contribution in [-0.4, -0.2) is 41.1 Å². The molecule has 0 radical (unpaired) electrons. The fourth-order valence-electron chi connectivity index (χ4n) is 1.41. The van der Waals surface area contributed by atoms with Gasteiger partial charge in [0.25, 0.3) is 0 Å². The third kappa shape index (κ3) is 5.82. The first-order valence-electron chi connectivity index (χ1n) is 5.44. The molecule has 0 bridgehead atoms. The molecule has 19 heavy (non-hydrogen) atoms. The Morgan fingerprint density at radius 3 is 2.58 bits per heavy atom. The Bertz CT molecular complexity index is 423. The fraction of sp³-hybridized carbons (Fsp3) is 0.455. The van der Waals surface area contributed by atoms with Crippen LogP contribution in [0.5, 0.6) is 0 Å². The molecule has 0 aliphatic heterocycles. The second kappa shape index (κ2) is 6.65. The van der Waals surface area contributed by atoms with Gasteiger partial charge in [-0.15, -0.1) is 11.8 Å². The highest BCUT2D eigenvalue weighted by Crippen LogP contribution is 2.23. The minimum atomic E-state index is -4.47. The molecular weight excluding hydrogens is 281 g/mol. The van der Waals surface area contributed by atoms with E-state index in [1.165, 1.54) is 24.0 Å². The van der Waals surface area contributed by atoms with Crippen LogP contribution >= 0.6 is 11.8 Å². The Balaban J connectivity index is 2.87. The van der Waals surface area contributed by atoms with E-state index in [1.807, 2.05) is 6.92 Å². The molecule has 0 unspecified atom stereocenters. The zero-order valence-corrected chi connectivity index (χ0v) is 11.0. The van der Waals surface area contributed by atoms with Crippen molar-refractivity contribution in [2.75, 3.05) is 23.7 Å². The lowest BCUT2D eigenvalue weighted by Crippen LogP contribution is -2.38. The van der Waals surface area contributed by atoms with E-state index in [1.54, 1.807) is 6.07 Å². The second-order valence-electron chi connectivity index (χ2n) is 3.65. The standard InChI is InChI=1S/C11H13F3N2O2S/c1-2-19-9-4-3-8(5-15-9)16(6-10(17)18)7-11(12,13)14/h3-5H,2,6-7H2,1H3,(H,17,18). The molecule has 0 fully saturated rings. The molecule has 0 saturated heterocycles. The summed E-state index contributed by atoms with van der Waals surface area (Å²) in [6, 6.07) is 3.02. The van der Waals surface area contributed by atoms with Crippen LogP contribution in [0.3, 0.4) is 0 Å². The van der Waals surface area contributed by atoms with Crippen LogP contribution in [0.4, 0.5) is 18.9 Å². The van der Waals surface area contributed by atoms with Crippen molar-refractivity contribution < 1.29 is 23.1 Å². The summed E-state index contributed by atoms with van der Waals surface area (Å²) in [6.45, 7) is -0.108. The fourth-order valence-corrected chi connectivity index (χ4v) is 2.00. The number of aliphatic carboxylic acids is 1. The number of halogens is 3. The Labute approximate surface area is 112 Å². The minimum Gasteiger partial charge on any atom is -0.480 e. The van der Waals surface area contributed by atoms with Crippen LogP contribution in [0, 0.1) is 0 Å². The van der Waals surface area contributed by atoms with Crippen LogP contribution in [-0.2, 0) is 4.79 Å². The summed E-state index contributed by atoms with van der Waals surface area (Å²) in [5.74, 6) is -0.524. The first kappa shape index (κ1) is 15.6. The van der Waals surface area contributed by atoms with Gasteiger partial charge >= 0.3 is 12.1 Å². The number of hydrogen-bond acceptors (Lipinski definition) is 4. The molecule has 8 heteroatoms. The van der Waals surface area contributed by atoms with E-state index < -0.39 is 25.2 Å². The minimum absolute atomic E-state index is 0.139. The number of carboxylic acids is 1. The van der Waals surface area contributed by atoms with Crippen LogP contribution < -0.4 is 4.90 Å². The first-order valence-corrected chi connectivity index (χ1v) is 6.42. The number of thioether (sulfide) groups is 1. The molecule has 4 nitrogen and oxygen atoms in total. The van der Waals surface area contributed by atoms with Crippen LogP contribution in [0.1, 0.15) is 6.92 Å². The lowest BCUT2D eigenvalue weighted by atomic mass is 10.3. The molecule has 0 saturated carbocycles. The molecule has 0 aliphatic rings. The highest BCUT2D eigenvalue weighted by Gasteiger charge is 2.31. The summed E-state index contributed by atoms with van der Waals surface area (Å²) in [5, 5.41) is 9.34. The van der Waals surface area contributed by atoms with E-state index in [2.05, 4.69) is 4.98 Å². The van der Waals surface area contributed by atoms with E-state index in [0.29, 0.717) is 5.03 Å². The normalized spacial score (nSPS) is 11.4. The third-order valence-electron chi connectivity index (χ3n) is 2.07. The Morgan fingerprint density at radius 2 is 2.16 bits per heavy atom. The number of pyridine rings is 1. The van der Waals surface area contributed by atoms with Crippen molar-refractivity contribution in [2.45, 2.75) is 18.1 Å². The Kier molecular flexibility index (Phi) is 5.46.